The van der Waals surface area contributed by atoms with Gasteiger partial charge in [-0.05, 0) is 25.1 Å². The standard InChI is InChI=1S/C10H9BrClN3O/c1-6(16)9-5-15(14-13-9)10-3-2-7(11)4-8(10)12/h2-6,16H,1H3. The molecule has 0 spiro atoms. The number of nitrogens with zero attached hydrogens (tertiary/aromatic N) is 3. The molecule has 2 aromatic rings. The normalized spacial score (nSPS) is 12.8. The number of aliphatic hydroxyl groups is 1. The molecular formula is C10H9BrClN3O. The molecule has 6 heteroatoms. The molecule has 84 valence electrons. The maximum absolute atomic E-state index is 9.34. The van der Waals surface area contributed by atoms with Crippen molar-refractivity contribution in [2.24, 2.45) is 0 Å². The fourth-order valence-electron chi connectivity index (χ4n) is 1.25. The Balaban J connectivity index is 2.42. The first-order chi connectivity index (χ1) is 7.58. The topological polar surface area (TPSA) is 50.9 Å². The lowest BCUT2D eigenvalue weighted by Crippen LogP contribution is -1.95. The first kappa shape index (κ1) is 11.6. The van der Waals surface area contributed by atoms with Gasteiger partial charge in [-0.2, -0.15) is 0 Å². The zero-order chi connectivity index (χ0) is 11.7. The molecule has 0 saturated heterocycles. The third kappa shape index (κ3) is 2.26. The van der Waals surface area contributed by atoms with Crippen LogP contribution in [-0.2, 0) is 0 Å². The van der Waals surface area contributed by atoms with E-state index in [1.54, 1.807) is 19.2 Å². The summed E-state index contributed by atoms with van der Waals surface area (Å²) in [4.78, 5) is 0. The monoisotopic (exact) mass is 301 g/mol. The maximum atomic E-state index is 9.34. The Hall–Kier alpha value is -0.910. The van der Waals surface area contributed by atoms with E-state index in [2.05, 4.69) is 26.2 Å². The molecule has 16 heavy (non-hydrogen) atoms. The molecule has 1 atom stereocenters. The van der Waals surface area contributed by atoms with Crippen molar-refractivity contribution in [1.29, 1.82) is 0 Å². The Labute approximate surface area is 106 Å². The van der Waals surface area contributed by atoms with Gasteiger partial charge in [0.25, 0.3) is 0 Å². The lowest BCUT2D eigenvalue weighted by atomic mass is 10.3. The van der Waals surface area contributed by atoms with E-state index in [0.29, 0.717) is 10.7 Å². The van der Waals surface area contributed by atoms with Gasteiger partial charge in [0.2, 0.25) is 0 Å². The van der Waals surface area contributed by atoms with Crippen LogP contribution in [0.2, 0.25) is 5.02 Å². The Bertz CT molecular complexity index is 513. The summed E-state index contributed by atoms with van der Waals surface area (Å²) in [5.41, 5.74) is 1.24. The van der Waals surface area contributed by atoms with Gasteiger partial charge in [0.05, 0.1) is 23.0 Å². The van der Waals surface area contributed by atoms with Crippen LogP contribution in [-0.4, -0.2) is 20.1 Å². The van der Waals surface area contributed by atoms with E-state index in [4.69, 9.17) is 11.6 Å². The van der Waals surface area contributed by atoms with E-state index in [0.717, 1.165) is 10.2 Å². The summed E-state index contributed by atoms with van der Waals surface area (Å²) >= 11 is 9.40. The van der Waals surface area contributed by atoms with Crippen molar-refractivity contribution in [3.05, 3.63) is 39.6 Å². The second-order valence-corrected chi connectivity index (χ2v) is 4.68. The lowest BCUT2D eigenvalue weighted by molar-refractivity contribution is 0.194. The number of hydrogen-bond donors (Lipinski definition) is 1. The highest BCUT2D eigenvalue weighted by Crippen LogP contribution is 2.24. The largest absolute Gasteiger partial charge is 0.387 e. The predicted molar refractivity (Wildman–Crippen MR) is 64.7 cm³/mol. The van der Waals surface area contributed by atoms with Gasteiger partial charge in [0.15, 0.2) is 0 Å². The number of benzene rings is 1. The van der Waals surface area contributed by atoms with Gasteiger partial charge in [0, 0.05) is 4.47 Å². The molecule has 4 nitrogen and oxygen atoms in total. The molecule has 0 amide bonds. The first-order valence-corrected chi connectivity index (χ1v) is 5.81. The van der Waals surface area contributed by atoms with Gasteiger partial charge in [0.1, 0.15) is 5.69 Å². The van der Waals surface area contributed by atoms with Crippen LogP contribution in [0.25, 0.3) is 5.69 Å². The predicted octanol–water partition coefficient (Wildman–Crippen LogP) is 2.74. The summed E-state index contributed by atoms with van der Waals surface area (Å²) in [6.07, 6.45) is 1.02. The summed E-state index contributed by atoms with van der Waals surface area (Å²) in [7, 11) is 0. The van der Waals surface area contributed by atoms with Crippen LogP contribution >= 0.6 is 27.5 Å². The molecule has 0 aliphatic carbocycles. The van der Waals surface area contributed by atoms with Gasteiger partial charge in [-0.1, -0.05) is 32.7 Å². The van der Waals surface area contributed by atoms with Crippen LogP contribution in [0.5, 0.6) is 0 Å². The zero-order valence-corrected chi connectivity index (χ0v) is 10.8. The van der Waals surface area contributed by atoms with E-state index < -0.39 is 6.10 Å². The molecule has 0 bridgehead atoms. The van der Waals surface area contributed by atoms with Crippen LogP contribution in [0.3, 0.4) is 0 Å². The summed E-state index contributed by atoms with van der Waals surface area (Å²) in [6.45, 7) is 1.64. The van der Waals surface area contributed by atoms with E-state index in [-0.39, 0.29) is 0 Å². The third-order valence-electron chi connectivity index (χ3n) is 2.10. The molecule has 2 rings (SSSR count). The Morgan fingerprint density at radius 3 is 2.81 bits per heavy atom. The summed E-state index contributed by atoms with van der Waals surface area (Å²) in [5, 5.41) is 17.7. The highest BCUT2D eigenvalue weighted by atomic mass is 79.9. The fourth-order valence-corrected chi connectivity index (χ4v) is 2.01. The van der Waals surface area contributed by atoms with Crippen molar-refractivity contribution in [3.63, 3.8) is 0 Å². The van der Waals surface area contributed by atoms with Crippen LogP contribution < -0.4 is 0 Å². The number of aromatic nitrogens is 3. The van der Waals surface area contributed by atoms with Crippen LogP contribution in [0.1, 0.15) is 18.7 Å². The quantitative estimate of drug-likeness (QED) is 0.928. The Morgan fingerprint density at radius 1 is 1.50 bits per heavy atom. The molecule has 1 aromatic carbocycles. The molecule has 1 heterocycles. The van der Waals surface area contributed by atoms with Crippen LogP contribution in [0.15, 0.2) is 28.9 Å². The first-order valence-electron chi connectivity index (χ1n) is 4.63. The minimum atomic E-state index is -0.636. The molecule has 1 N–H and O–H groups in total. The minimum absolute atomic E-state index is 0.513. The van der Waals surface area contributed by atoms with Gasteiger partial charge in [-0.15, -0.1) is 5.10 Å². The van der Waals surface area contributed by atoms with Gasteiger partial charge < -0.3 is 5.11 Å². The van der Waals surface area contributed by atoms with Crippen molar-refractivity contribution >= 4 is 27.5 Å². The average Bonchev–Trinajstić information content (AvgIpc) is 2.66. The molecule has 0 saturated carbocycles. The molecular weight excluding hydrogens is 293 g/mol. The maximum Gasteiger partial charge on any atom is 0.111 e. The van der Waals surface area contributed by atoms with E-state index in [1.165, 1.54) is 4.68 Å². The minimum Gasteiger partial charge on any atom is -0.387 e. The van der Waals surface area contributed by atoms with E-state index >= 15 is 0 Å². The number of halogens is 2. The van der Waals surface area contributed by atoms with E-state index in [1.807, 2.05) is 12.1 Å². The van der Waals surface area contributed by atoms with Crippen molar-refractivity contribution in [1.82, 2.24) is 15.0 Å². The van der Waals surface area contributed by atoms with Crippen molar-refractivity contribution in [3.8, 4) is 5.69 Å². The molecule has 0 radical (unpaired) electrons. The number of rotatable bonds is 2. The number of aliphatic hydroxyl groups excluding tert-OH is 1. The van der Waals surface area contributed by atoms with Gasteiger partial charge >= 0.3 is 0 Å². The molecule has 0 fully saturated rings. The molecule has 1 aromatic heterocycles. The van der Waals surface area contributed by atoms with Crippen molar-refractivity contribution < 1.29 is 5.11 Å². The SMILES string of the molecule is CC(O)c1cn(-c2ccc(Br)cc2Cl)nn1. The third-order valence-corrected chi connectivity index (χ3v) is 2.89. The smallest absolute Gasteiger partial charge is 0.111 e. The second-order valence-electron chi connectivity index (χ2n) is 3.36. The zero-order valence-electron chi connectivity index (χ0n) is 8.43. The van der Waals surface area contributed by atoms with Crippen molar-refractivity contribution in [2.75, 3.05) is 0 Å². The molecule has 1 unspecified atom stereocenters. The van der Waals surface area contributed by atoms with Crippen molar-refractivity contribution in [2.45, 2.75) is 13.0 Å². The summed E-state index contributed by atoms with van der Waals surface area (Å²) in [6, 6.07) is 5.47. The highest BCUT2D eigenvalue weighted by molar-refractivity contribution is 9.10. The highest BCUT2D eigenvalue weighted by Gasteiger charge is 2.09. The van der Waals surface area contributed by atoms with Crippen LogP contribution in [0.4, 0.5) is 0 Å². The van der Waals surface area contributed by atoms with E-state index in [9.17, 15) is 5.11 Å². The Morgan fingerprint density at radius 2 is 2.25 bits per heavy atom. The van der Waals surface area contributed by atoms with Crippen LogP contribution in [0, 0.1) is 0 Å². The Kier molecular flexibility index (Phi) is 3.28. The second kappa shape index (κ2) is 4.53. The molecule has 0 aliphatic heterocycles. The summed E-state index contributed by atoms with van der Waals surface area (Å²) in [5.74, 6) is 0. The van der Waals surface area contributed by atoms with Gasteiger partial charge in [-0.25, -0.2) is 4.68 Å². The molecule has 0 aliphatic rings. The lowest BCUT2D eigenvalue weighted by Gasteiger charge is -2.03. The summed E-state index contributed by atoms with van der Waals surface area (Å²) < 4.78 is 2.44. The average molecular weight is 303 g/mol. The number of hydrogen-bond acceptors (Lipinski definition) is 3. The fraction of sp³-hybridized carbons (Fsp3) is 0.200. The van der Waals surface area contributed by atoms with Gasteiger partial charge in [-0.3, -0.25) is 0 Å².